The highest BCUT2D eigenvalue weighted by atomic mass is 31.2. The van der Waals surface area contributed by atoms with E-state index < -0.39 is 61.4 Å². The maximum atomic E-state index is 11.9. The third kappa shape index (κ3) is 9.35. The molecule has 0 aromatic carbocycles. The molecule has 0 rings (SSSR count). The summed E-state index contributed by atoms with van der Waals surface area (Å²) in [5.74, 6) is -6.51. The summed E-state index contributed by atoms with van der Waals surface area (Å²) in [5.41, 5.74) is 0. The average molecular weight is 499 g/mol. The number of carboxylic acids is 4. The van der Waals surface area contributed by atoms with E-state index in [-0.39, 0.29) is 26.2 Å². The Hall–Kier alpha value is -2.09. The number of nitrogens with zero attached hydrogens (tertiary/aromatic N) is 3. The van der Waals surface area contributed by atoms with Crippen molar-refractivity contribution in [3.8, 4) is 0 Å². The highest BCUT2D eigenvalue weighted by molar-refractivity contribution is 7.52. The quantitative estimate of drug-likeness (QED) is 0.145. The third-order valence-corrected chi connectivity index (χ3v) is 7.03. The summed E-state index contributed by atoms with van der Waals surface area (Å²) in [7, 11) is -4.68. The largest absolute Gasteiger partial charge is 0.480 e. The zero-order chi connectivity index (χ0) is 26.3. The van der Waals surface area contributed by atoms with Crippen LogP contribution >= 0.6 is 7.60 Å². The molecule has 33 heavy (non-hydrogen) atoms. The number of hydrogen-bond donors (Lipinski definition) is 6. The van der Waals surface area contributed by atoms with Gasteiger partial charge in [-0.05, 0) is 34.6 Å². The van der Waals surface area contributed by atoms with Crippen LogP contribution in [0.3, 0.4) is 0 Å². The summed E-state index contributed by atoms with van der Waals surface area (Å²) in [4.78, 5) is 68.5. The van der Waals surface area contributed by atoms with Gasteiger partial charge in [0.25, 0.3) is 0 Å². The molecule has 0 spiro atoms. The van der Waals surface area contributed by atoms with E-state index in [1.165, 1.54) is 39.5 Å². The van der Waals surface area contributed by atoms with E-state index >= 15 is 0 Å². The van der Waals surface area contributed by atoms with E-state index in [0.717, 1.165) is 9.80 Å². The van der Waals surface area contributed by atoms with Crippen molar-refractivity contribution in [2.75, 3.05) is 26.2 Å². The molecule has 15 heteroatoms. The van der Waals surface area contributed by atoms with Gasteiger partial charge in [0.15, 0.2) is 0 Å². The van der Waals surface area contributed by atoms with Crippen LogP contribution in [0.5, 0.6) is 0 Å². The zero-order valence-electron chi connectivity index (χ0n) is 19.2. The van der Waals surface area contributed by atoms with E-state index in [4.69, 9.17) is 0 Å². The van der Waals surface area contributed by atoms with Gasteiger partial charge in [-0.1, -0.05) is 0 Å². The first-order chi connectivity index (χ1) is 14.9. The molecule has 6 N–H and O–H groups in total. The van der Waals surface area contributed by atoms with Gasteiger partial charge in [0.1, 0.15) is 30.0 Å². The van der Waals surface area contributed by atoms with Crippen molar-refractivity contribution < 1.29 is 54.0 Å². The molecule has 0 saturated heterocycles. The summed E-state index contributed by atoms with van der Waals surface area (Å²) in [6.07, 6.45) is 0. The van der Waals surface area contributed by atoms with Crippen LogP contribution in [-0.4, -0.2) is 125 Å². The first kappa shape index (κ1) is 30.9. The second-order valence-electron chi connectivity index (χ2n) is 7.79. The molecule has 0 radical (unpaired) electrons. The number of carbonyl (C=O) groups is 4. The number of rotatable bonds is 16. The van der Waals surface area contributed by atoms with E-state index in [1.54, 1.807) is 0 Å². The molecular weight excluding hydrogens is 465 g/mol. The summed E-state index contributed by atoms with van der Waals surface area (Å²) >= 11 is 0. The number of hydrogen-bond acceptors (Lipinski definition) is 8. The predicted molar refractivity (Wildman–Crippen MR) is 115 cm³/mol. The molecule has 0 bridgehead atoms. The number of carboxylic acid groups (broad SMARTS) is 4. The standard InChI is InChI=1S/C18H34N3O11P/c1-10(15(22)23)20(11(2)16(24)25)8-6-19(14(5)33(30,31)32)7-9-21(12(3)17(26)27)13(4)18(28)29/h10-14H,6-9H2,1-5H3,(H,22,23)(H,24,25)(H,26,27)(H,28,29)(H2,30,31,32). The Morgan fingerprint density at radius 2 is 0.848 bits per heavy atom. The lowest BCUT2D eigenvalue weighted by molar-refractivity contribution is -0.150. The molecule has 0 fully saturated rings. The fourth-order valence-electron chi connectivity index (χ4n) is 3.20. The molecular formula is C18H34N3O11P. The monoisotopic (exact) mass is 499 g/mol. The average Bonchev–Trinajstić information content (AvgIpc) is 2.69. The highest BCUT2D eigenvalue weighted by Crippen LogP contribution is 2.42. The zero-order valence-corrected chi connectivity index (χ0v) is 20.1. The smallest absolute Gasteiger partial charge is 0.342 e. The van der Waals surface area contributed by atoms with Gasteiger partial charge in [-0.15, -0.1) is 0 Å². The maximum Gasteiger partial charge on any atom is 0.342 e. The first-order valence-electron chi connectivity index (χ1n) is 10.1. The van der Waals surface area contributed by atoms with E-state index in [0.29, 0.717) is 0 Å². The van der Waals surface area contributed by atoms with Gasteiger partial charge in [-0.3, -0.25) is 38.4 Å². The molecule has 0 aliphatic heterocycles. The summed E-state index contributed by atoms with van der Waals surface area (Å²) in [6.45, 7) is 5.64. The minimum atomic E-state index is -4.68. The van der Waals surface area contributed by atoms with Gasteiger partial charge in [0, 0.05) is 26.2 Å². The van der Waals surface area contributed by atoms with Crippen LogP contribution in [0, 0.1) is 0 Å². The lowest BCUT2D eigenvalue weighted by Gasteiger charge is -2.37. The van der Waals surface area contributed by atoms with Gasteiger partial charge in [-0.2, -0.15) is 0 Å². The van der Waals surface area contributed by atoms with Gasteiger partial charge in [0.05, 0.1) is 0 Å². The van der Waals surface area contributed by atoms with Crippen LogP contribution < -0.4 is 0 Å². The Balaban J connectivity index is 5.82. The second-order valence-corrected chi connectivity index (χ2v) is 9.71. The Morgan fingerprint density at radius 3 is 1.03 bits per heavy atom. The van der Waals surface area contributed by atoms with Gasteiger partial charge in [-0.25, -0.2) is 0 Å². The normalized spacial score (nSPS) is 16.9. The molecule has 0 aromatic rings. The van der Waals surface area contributed by atoms with Crippen LogP contribution in [-0.2, 0) is 23.7 Å². The lowest BCUT2D eigenvalue weighted by atomic mass is 10.2. The SMILES string of the molecule is CC(C(=O)O)N(CCN(CCN(C(C)C(=O)O)C(C)C(=O)O)C(C)P(=O)(O)O)C(C)C(=O)O. The molecule has 0 aliphatic rings. The lowest BCUT2D eigenvalue weighted by Crippen LogP contribution is -2.54. The topological polar surface area (TPSA) is 216 Å². The van der Waals surface area contributed by atoms with Crippen molar-refractivity contribution in [3.05, 3.63) is 0 Å². The van der Waals surface area contributed by atoms with Gasteiger partial charge >= 0.3 is 31.5 Å². The van der Waals surface area contributed by atoms with Gasteiger partial charge < -0.3 is 30.2 Å². The highest BCUT2D eigenvalue weighted by Gasteiger charge is 2.35. The first-order valence-corrected chi connectivity index (χ1v) is 11.8. The fraction of sp³-hybridized carbons (Fsp3) is 0.778. The van der Waals surface area contributed by atoms with Crippen molar-refractivity contribution >= 4 is 31.5 Å². The Labute approximate surface area is 191 Å². The molecule has 0 saturated carbocycles. The van der Waals surface area contributed by atoms with Crippen molar-refractivity contribution in [3.63, 3.8) is 0 Å². The fourth-order valence-corrected chi connectivity index (χ4v) is 3.86. The Bertz CT molecular complexity index is 671. The predicted octanol–water partition coefficient (Wildman–Crippen LogP) is -0.691. The van der Waals surface area contributed by atoms with Crippen LogP contribution in [0.15, 0.2) is 0 Å². The molecule has 0 aliphatic carbocycles. The molecule has 5 atom stereocenters. The minimum Gasteiger partial charge on any atom is -0.480 e. The maximum absolute atomic E-state index is 11.9. The molecule has 14 nitrogen and oxygen atoms in total. The summed E-state index contributed by atoms with van der Waals surface area (Å²) in [6, 6.07) is -4.84. The van der Waals surface area contributed by atoms with Crippen LogP contribution in [0.4, 0.5) is 0 Å². The van der Waals surface area contributed by atoms with Crippen molar-refractivity contribution in [2.45, 2.75) is 64.6 Å². The summed E-state index contributed by atoms with van der Waals surface area (Å²) in [5, 5.41) is 37.2. The van der Waals surface area contributed by atoms with E-state index in [9.17, 15) is 54.0 Å². The van der Waals surface area contributed by atoms with Crippen LogP contribution in [0.1, 0.15) is 34.6 Å². The third-order valence-electron chi connectivity index (χ3n) is 5.73. The Morgan fingerprint density at radius 1 is 0.606 bits per heavy atom. The Kier molecular flexibility index (Phi) is 12.1. The van der Waals surface area contributed by atoms with Crippen LogP contribution in [0.25, 0.3) is 0 Å². The molecule has 5 unspecified atom stereocenters. The minimum absolute atomic E-state index is 0.168. The summed E-state index contributed by atoms with van der Waals surface area (Å²) < 4.78 is 11.9. The van der Waals surface area contributed by atoms with Crippen LogP contribution in [0.2, 0.25) is 0 Å². The number of aliphatic carboxylic acids is 4. The second kappa shape index (κ2) is 13.0. The van der Waals surface area contributed by atoms with Gasteiger partial charge in [0.2, 0.25) is 0 Å². The molecule has 192 valence electrons. The van der Waals surface area contributed by atoms with E-state index in [2.05, 4.69) is 0 Å². The van der Waals surface area contributed by atoms with Crippen molar-refractivity contribution in [2.24, 2.45) is 0 Å². The van der Waals surface area contributed by atoms with E-state index in [1.807, 2.05) is 0 Å². The van der Waals surface area contributed by atoms with Crippen molar-refractivity contribution in [1.29, 1.82) is 0 Å². The molecule has 0 aromatic heterocycles. The molecule has 0 heterocycles. The molecule has 0 amide bonds. The van der Waals surface area contributed by atoms with Crippen molar-refractivity contribution in [1.82, 2.24) is 14.7 Å².